The van der Waals surface area contributed by atoms with Crippen molar-refractivity contribution in [2.45, 2.75) is 19.0 Å². The second-order valence-corrected chi connectivity index (χ2v) is 4.54. The molecular weight excluding hydrogens is 259 g/mol. The molecule has 2 N–H and O–H groups in total. The van der Waals surface area contributed by atoms with E-state index in [4.69, 9.17) is 5.73 Å². The molecule has 0 bridgehead atoms. The van der Waals surface area contributed by atoms with Gasteiger partial charge < -0.3 is 10.6 Å². The number of anilines is 1. The van der Waals surface area contributed by atoms with E-state index in [1.54, 1.807) is 6.07 Å². The van der Waals surface area contributed by atoms with Crippen LogP contribution in [0.1, 0.15) is 23.2 Å². The van der Waals surface area contributed by atoms with Crippen LogP contribution in [-0.4, -0.2) is 35.1 Å². The van der Waals surface area contributed by atoms with E-state index in [9.17, 15) is 18.0 Å². The third kappa shape index (κ3) is 2.97. The van der Waals surface area contributed by atoms with Gasteiger partial charge in [0.2, 0.25) is 0 Å². The fourth-order valence-corrected chi connectivity index (χ4v) is 2.18. The van der Waals surface area contributed by atoms with Gasteiger partial charge in [0.1, 0.15) is 5.82 Å². The summed E-state index contributed by atoms with van der Waals surface area (Å²) in [4.78, 5) is 17.3. The minimum atomic E-state index is -4.18. The molecular formula is C12H14F3N3O. The summed E-state index contributed by atoms with van der Waals surface area (Å²) >= 11 is 0. The highest BCUT2D eigenvalue weighted by Crippen LogP contribution is 2.34. The zero-order chi connectivity index (χ0) is 14.0. The average Bonchev–Trinajstić information content (AvgIpc) is 2.38. The van der Waals surface area contributed by atoms with Crippen molar-refractivity contribution >= 4 is 11.7 Å². The second-order valence-electron chi connectivity index (χ2n) is 4.54. The molecule has 1 saturated heterocycles. The summed E-state index contributed by atoms with van der Waals surface area (Å²) in [5.41, 5.74) is 5.83. The lowest BCUT2D eigenvalue weighted by atomic mass is 9.96. The van der Waals surface area contributed by atoms with Crippen molar-refractivity contribution in [3.05, 3.63) is 23.9 Å². The van der Waals surface area contributed by atoms with E-state index in [1.165, 1.54) is 17.2 Å². The number of amides is 1. The van der Waals surface area contributed by atoms with Gasteiger partial charge in [-0.25, -0.2) is 4.98 Å². The largest absolute Gasteiger partial charge is 0.391 e. The molecule has 0 radical (unpaired) electrons. The maximum Gasteiger partial charge on any atom is 0.391 e. The van der Waals surface area contributed by atoms with Crippen molar-refractivity contribution in [2.24, 2.45) is 5.92 Å². The van der Waals surface area contributed by atoms with Gasteiger partial charge in [0.05, 0.1) is 11.5 Å². The molecule has 2 rings (SSSR count). The molecule has 0 aliphatic carbocycles. The number of rotatable bonds is 1. The number of hydrogen-bond donors (Lipinski definition) is 1. The number of carbonyl (C=O) groups is 1. The SMILES string of the molecule is Nc1ncccc1C(=O)N1CCC(C(F)(F)F)CC1. The maximum atomic E-state index is 12.5. The van der Waals surface area contributed by atoms with E-state index >= 15 is 0 Å². The molecule has 2 heterocycles. The number of likely N-dealkylation sites (tertiary alicyclic amines) is 1. The topological polar surface area (TPSA) is 59.2 Å². The molecule has 0 atom stereocenters. The molecule has 4 nitrogen and oxygen atoms in total. The number of nitrogens with zero attached hydrogens (tertiary/aromatic N) is 2. The molecule has 0 unspecified atom stereocenters. The first-order valence-electron chi connectivity index (χ1n) is 5.96. The van der Waals surface area contributed by atoms with Gasteiger partial charge in [0.15, 0.2) is 0 Å². The Morgan fingerprint density at radius 2 is 2.00 bits per heavy atom. The number of alkyl halides is 3. The number of aromatic nitrogens is 1. The molecule has 1 aliphatic rings. The summed E-state index contributed by atoms with van der Waals surface area (Å²) < 4.78 is 37.6. The average molecular weight is 273 g/mol. The van der Waals surface area contributed by atoms with Crippen LogP contribution in [0.2, 0.25) is 0 Å². The number of carbonyl (C=O) groups excluding carboxylic acids is 1. The summed E-state index contributed by atoms with van der Waals surface area (Å²) in [5.74, 6) is -1.57. The van der Waals surface area contributed by atoms with Crippen LogP contribution in [-0.2, 0) is 0 Å². The van der Waals surface area contributed by atoms with Crippen LogP contribution in [0.15, 0.2) is 18.3 Å². The molecule has 19 heavy (non-hydrogen) atoms. The third-order valence-electron chi connectivity index (χ3n) is 3.31. The van der Waals surface area contributed by atoms with Gasteiger partial charge in [-0.2, -0.15) is 13.2 Å². The van der Waals surface area contributed by atoms with Crippen LogP contribution in [0.3, 0.4) is 0 Å². The summed E-state index contributed by atoms with van der Waals surface area (Å²) in [7, 11) is 0. The van der Waals surface area contributed by atoms with Crippen molar-refractivity contribution in [2.75, 3.05) is 18.8 Å². The molecule has 0 aromatic carbocycles. The zero-order valence-electron chi connectivity index (χ0n) is 10.2. The fraction of sp³-hybridized carbons (Fsp3) is 0.500. The van der Waals surface area contributed by atoms with Crippen LogP contribution < -0.4 is 5.73 Å². The number of nitrogens with two attached hydrogens (primary N) is 1. The van der Waals surface area contributed by atoms with Gasteiger partial charge in [-0.3, -0.25) is 4.79 Å². The Morgan fingerprint density at radius 3 is 2.53 bits per heavy atom. The fourth-order valence-electron chi connectivity index (χ4n) is 2.18. The third-order valence-corrected chi connectivity index (χ3v) is 3.31. The normalized spacial score (nSPS) is 17.5. The predicted octanol–water partition coefficient (Wildman–Crippen LogP) is 2.08. The molecule has 1 amide bonds. The van der Waals surface area contributed by atoms with Crippen LogP contribution >= 0.6 is 0 Å². The first-order chi connectivity index (χ1) is 8.89. The smallest absolute Gasteiger partial charge is 0.383 e. The first-order valence-corrected chi connectivity index (χ1v) is 5.96. The standard InChI is InChI=1S/C12H14F3N3O/c13-12(14,15)8-3-6-18(7-4-8)11(19)9-2-1-5-17-10(9)16/h1-2,5,8H,3-4,6-7H2,(H2,16,17). The van der Waals surface area contributed by atoms with E-state index in [0.29, 0.717) is 0 Å². The molecule has 1 aromatic heterocycles. The molecule has 1 fully saturated rings. The maximum absolute atomic E-state index is 12.5. The van der Waals surface area contributed by atoms with Crippen LogP contribution in [0, 0.1) is 5.92 Å². The summed E-state index contributed by atoms with van der Waals surface area (Å²) in [6, 6.07) is 3.10. The van der Waals surface area contributed by atoms with Gasteiger partial charge in [-0.15, -0.1) is 0 Å². The first kappa shape index (κ1) is 13.6. The van der Waals surface area contributed by atoms with E-state index in [0.717, 1.165) is 0 Å². The molecule has 0 spiro atoms. The Labute approximate surface area is 108 Å². The minimum absolute atomic E-state index is 0.0601. The number of hydrogen-bond acceptors (Lipinski definition) is 3. The van der Waals surface area contributed by atoms with E-state index in [-0.39, 0.29) is 43.2 Å². The Balaban J connectivity index is 2.03. The number of pyridine rings is 1. The Morgan fingerprint density at radius 1 is 1.37 bits per heavy atom. The van der Waals surface area contributed by atoms with Crippen molar-refractivity contribution in [1.29, 1.82) is 0 Å². The summed E-state index contributed by atoms with van der Waals surface area (Å²) in [5, 5.41) is 0. The molecule has 7 heteroatoms. The second kappa shape index (κ2) is 5.07. The Kier molecular flexibility index (Phi) is 3.64. The highest BCUT2D eigenvalue weighted by atomic mass is 19.4. The lowest BCUT2D eigenvalue weighted by Gasteiger charge is -2.33. The van der Waals surface area contributed by atoms with E-state index in [1.807, 2.05) is 0 Å². The quantitative estimate of drug-likeness (QED) is 0.852. The number of halogens is 3. The predicted molar refractivity (Wildman–Crippen MR) is 63.3 cm³/mol. The van der Waals surface area contributed by atoms with Gasteiger partial charge >= 0.3 is 6.18 Å². The highest BCUT2D eigenvalue weighted by molar-refractivity contribution is 5.98. The lowest BCUT2D eigenvalue weighted by Crippen LogP contribution is -2.42. The van der Waals surface area contributed by atoms with Gasteiger partial charge in [0.25, 0.3) is 5.91 Å². The van der Waals surface area contributed by atoms with Gasteiger partial charge in [-0.1, -0.05) is 0 Å². The molecule has 0 saturated carbocycles. The van der Waals surface area contributed by atoms with Crippen molar-refractivity contribution in [3.63, 3.8) is 0 Å². The van der Waals surface area contributed by atoms with Gasteiger partial charge in [-0.05, 0) is 25.0 Å². The summed E-state index contributed by atoms with van der Waals surface area (Å²) in [6.45, 7) is 0.189. The lowest BCUT2D eigenvalue weighted by molar-refractivity contribution is -0.183. The van der Waals surface area contributed by atoms with E-state index in [2.05, 4.69) is 4.98 Å². The number of piperidine rings is 1. The molecule has 1 aliphatic heterocycles. The highest BCUT2D eigenvalue weighted by Gasteiger charge is 2.41. The minimum Gasteiger partial charge on any atom is -0.383 e. The van der Waals surface area contributed by atoms with Crippen molar-refractivity contribution in [3.8, 4) is 0 Å². The number of nitrogen functional groups attached to an aromatic ring is 1. The summed E-state index contributed by atoms with van der Waals surface area (Å²) in [6.07, 6.45) is -2.84. The van der Waals surface area contributed by atoms with Crippen molar-refractivity contribution < 1.29 is 18.0 Å². The van der Waals surface area contributed by atoms with Crippen LogP contribution in [0.5, 0.6) is 0 Å². The van der Waals surface area contributed by atoms with Crippen molar-refractivity contribution in [1.82, 2.24) is 9.88 Å². The monoisotopic (exact) mass is 273 g/mol. The molecule has 1 aromatic rings. The zero-order valence-corrected chi connectivity index (χ0v) is 10.2. The molecule has 104 valence electrons. The Bertz CT molecular complexity index is 468. The van der Waals surface area contributed by atoms with Crippen LogP contribution in [0.25, 0.3) is 0 Å². The Hall–Kier alpha value is -1.79. The van der Waals surface area contributed by atoms with Crippen LogP contribution in [0.4, 0.5) is 19.0 Å². The van der Waals surface area contributed by atoms with Gasteiger partial charge in [0, 0.05) is 19.3 Å². The van der Waals surface area contributed by atoms with E-state index < -0.39 is 12.1 Å².